The van der Waals surface area contributed by atoms with E-state index in [-0.39, 0.29) is 0 Å². The molecule has 0 aromatic rings. The van der Waals surface area contributed by atoms with Gasteiger partial charge in [-0.1, -0.05) is 40.5 Å². The minimum atomic E-state index is 0.323. The first-order valence-corrected chi connectivity index (χ1v) is 6.84. The maximum atomic E-state index is 5.81. The van der Waals surface area contributed by atoms with E-state index in [9.17, 15) is 0 Å². The van der Waals surface area contributed by atoms with E-state index in [2.05, 4.69) is 27.7 Å². The van der Waals surface area contributed by atoms with Gasteiger partial charge in [0.15, 0.2) is 0 Å². The Hall–Kier alpha value is -0.0800. The summed E-state index contributed by atoms with van der Waals surface area (Å²) in [6.07, 6.45) is 8.06. The van der Waals surface area contributed by atoms with Gasteiger partial charge in [0.25, 0.3) is 0 Å². The second-order valence-electron chi connectivity index (χ2n) is 4.37. The lowest BCUT2D eigenvalue weighted by molar-refractivity contribution is -0.106. The van der Waals surface area contributed by atoms with Crippen molar-refractivity contribution in [3.63, 3.8) is 0 Å². The molecule has 0 bridgehead atoms. The first kappa shape index (κ1) is 15.9. The van der Waals surface area contributed by atoms with Crippen molar-refractivity contribution in [2.75, 3.05) is 0 Å². The molecule has 0 aromatic carbocycles. The van der Waals surface area contributed by atoms with Crippen molar-refractivity contribution >= 4 is 0 Å². The molecule has 0 amide bonds. The van der Waals surface area contributed by atoms with E-state index in [1.54, 1.807) is 0 Å². The SMILES string of the molecule is CCCC(CC)O[C](C)OC(CC)CCC. The van der Waals surface area contributed by atoms with Gasteiger partial charge in [0.05, 0.1) is 12.2 Å². The molecule has 2 heteroatoms. The molecule has 0 N–H and O–H groups in total. The Morgan fingerprint density at radius 2 is 1.19 bits per heavy atom. The Labute approximate surface area is 102 Å². The molecule has 97 valence electrons. The molecule has 0 rings (SSSR count). The zero-order valence-corrected chi connectivity index (χ0v) is 11.7. The van der Waals surface area contributed by atoms with Crippen LogP contribution in [-0.4, -0.2) is 12.2 Å². The van der Waals surface area contributed by atoms with E-state index < -0.39 is 0 Å². The number of hydrogen-bond acceptors (Lipinski definition) is 2. The molecule has 0 spiro atoms. The summed E-state index contributed by atoms with van der Waals surface area (Å²) in [5, 5.41) is 0. The van der Waals surface area contributed by atoms with Crippen LogP contribution in [0.3, 0.4) is 0 Å². The fourth-order valence-electron chi connectivity index (χ4n) is 1.83. The average molecular weight is 229 g/mol. The molecule has 0 saturated heterocycles. The molecule has 1 radical (unpaired) electrons. The second kappa shape index (κ2) is 10.1. The minimum Gasteiger partial charge on any atom is -0.342 e. The zero-order valence-electron chi connectivity index (χ0n) is 11.7. The standard InChI is InChI=1S/C14H29O2/c1-6-10-13(8-3)15-12(5)16-14(9-4)11-7-2/h13-14H,6-11H2,1-5H3. The van der Waals surface area contributed by atoms with Crippen molar-refractivity contribution in [2.24, 2.45) is 0 Å². The van der Waals surface area contributed by atoms with E-state index >= 15 is 0 Å². The van der Waals surface area contributed by atoms with Crippen molar-refractivity contribution in [3.05, 3.63) is 6.29 Å². The second-order valence-corrected chi connectivity index (χ2v) is 4.37. The van der Waals surface area contributed by atoms with Crippen molar-refractivity contribution < 1.29 is 9.47 Å². The average Bonchev–Trinajstić information content (AvgIpc) is 2.27. The number of rotatable bonds is 10. The molecule has 0 fully saturated rings. The highest BCUT2D eigenvalue weighted by molar-refractivity contribution is 4.66. The molecule has 16 heavy (non-hydrogen) atoms. The highest BCUT2D eigenvalue weighted by atomic mass is 16.7. The normalized spacial score (nSPS) is 15.4. The van der Waals surface area contributed by atoms with Crippen LogP contribution in [0.2, 0.25) is 0 Å². The number of hydrogen-bond donors (Lipinski definition) is 0. The van der Waals surface area contributed by atoms with Crippen LogP contribution in [-0.2, 0) is 9.47 Å². The fraction of sp³-hybridized carbons (Fsp3) is 0.929. The summed E-state index contributed by atoms with van der Waals surface area (Å²) in [4.78, 5) is 0. The molecule has 2 atom stereocenters. The van der Waals surface area contributed by atoms with Gasteiger partial charge in [-0.05, 0) is 32.6 Å². The Morgan fingerprint density at radius 1 is 0.812 bits per heavy atom. The summed E-state index contributed by atoms with van der Waals surface area (Å²) in [7, 11) is 0. The molecule has 0 aromatic heterocycles. The van der Waals surface area contributed by atoms with Gasteiger partial charge >= 0.3 is 0 Å². The molecule has 0 aliphatic rings. The molecule has 0 heterocycles. The van der Waals surface area contributed by atoms with E-state index in [4.69, 9.17) is 9.47 Å². The number of ether oxygens (including phenoxy) is 2. The van der Waals surface area contributed by atoms with Crippen LogP contribution in [0.15, 0.2) is 0 Å². The highest BCUT2D eigenvalue weighted by Gasteiger charge is 2.16. The van der Waals surface area contributed by atoms with Crippen LogP contribution in [0.4, 0.5) is 0 Å². The molecule has 0 saturated carbocycles. The third kappa shape index (κ3) is 7.24. The molecule has 2 unspecified atom stereocenters. The van der Waals surface area contributed by atoms with E-state index in [0.29, 0.717) is 12.2 Å². The monoisotopic (exact) mass is 229 g/mol. The topological polar surface area (TPSA) is 18.5 Å². The Bertz CT molecular complexity index is 132. The predicted molar refractivity (Wildman–Crippen MR) is 69.1 cm³/mol. The van der Waals surface area contributed by atoms with Gasteiger partial charge in [-0.3, -0.25) is 0 Å². The summed E-state index contributed by atoms with van der Waals surface area (Å²) >= 11 is 0. The fourth-order valence-corrected chi connectivity index (χ4v) is 1.83. The third-order valence-electron chi connectivity index (χ3n) is 2.80. The van der Waals surface area contributed by atoms with Crippen LogP contribution in [0.5, 0.6) is 0 Å². The highest BCUT2D eigenvalue weighted by Crippen LogP contribution is 2.18. The largest absolute Gasteiger partial charge is 0.342 e. The maximum absolute atomic E-state index is 5.81. The molecular weight excluding hydrogens is 200 g/mol. The Kier molecular flexibility index (Phi) is 10.0. The lowest BCUT2D eigenvalue weighted by Crippen LogP contribution is -2.21. The van der Waals surface area contributed by atoms with E-state index in [0.717, 1.165) is 44.8 Å². The van der Waals surface area contributed by atoms with Crippen LogP contribution < -0.4 is 0 Å². The van der Waals surface area contributed by atoms with Crippen LogP contribution >= 0.6 is 0 Å². The van der Waals surface area contributed by atoms with Gasteiger partial charge < -0.3 is 9.47 Å². The van der Waals surface area contributed by atoms with Gasteiger partial charge in [0.1, 0.15) is 0 Å². The van der Waals surface area contributed by atoms with Crippen molar-refractivity contribution in [2.45, 2.75) is 85.4 Å². The summed E-state index contributed by atoms with van der Waals surface area (Å²) in [5.74, 6) is 0. The Morgan fingerprint density at radius 3 is 1.44 bits per heavy atom. The minimum absolute atomic E-state index is 0.323. The quantitative estimate of drug-likeness (QED) is 0.541. The summed E-state index contributed by atoms with van der Waals surface area (Å²) in [6.45, 7) is 10.6. The first-order chi connectivity index (χ1) is 7.67. The van der Waals surface area contributed by atoms with Crippen molar-refractivity contribution in [1.82, 2.24) is 0 Å². The first-order valence-electron chi connectivity index (χ1n) is 6.84. The molecule has 2 nitrogen and oxygen atoms in total. The van der Waals surface area contributed by atoms with Crippen molar-refractivity contribution in [3.8, 4) is 0 Å². The van der Waals surface area contributed by atoms with Gasteiger partial charge in [-0.25, -0.2) is 0 Å². The molecule has 0 aliphatic carbocycles. The maximum Gasteiger partial charge on any atom is 0.221 e. The van der Waals surface area contributed by atoms with Crippen LogP contribution in [0.25, 0.3) is 0 Å². The molecular formula is C14H29O2. The van der Waals surface area contributed by atoms with Crippen LogP contribution in [0, 0.1) is 6.29 Å². The van der Waals surface area contributed by atoms with E-state index in [1.807, 2.05) is 6.92 Å². The molecule has 0 aliphatic heterocycles. The lowest BCUT2D eigenvalue weighted by atomic mass is 10.1. The van der Waals surface area contributed by atoms with Gasteiger partial charge in [-0.15, -0.1) is 0 Å². The summed E-state index contributed by atoms with van der Waals surface area (Å²) in [5.41, 5.74) is 0. The predicted octanol–water partition coefficient (Wildman–Crippen LogP) is 4.69. The van der Waals surface area contributed by atoms with Gasteiger partial charge in [-0.2, -0.15) is 0 Å². The van der Waals surface area contributed by atoms with Crippen molar-refractivity contribution in [1.29, 1.82) is 0 Å². The Balaban J connectivity index is 3.88. The third-order valence-corrected chi connectivity index (χ3v) is 2.80. The summed E-state index contributed by atoms with van der Waals surface area (Å²) in [6, 6.07) is 0. The van der Waals surface area contributed by atoms with Gasteiger partial charge in [0.2, 0.25) is 6.29 Å². The smallest absolute Gasteiger partial charge is 0.221 e. The van der Waals surface area contributed by atoms with Crippen LogP contribution in [0.1, 0.15) is 73.1 Å². The van der Waals surface area contributed by atoms with E-state index in [1.165, 1.54) is 0 Å². The lowest BCUT2D eigenvalue weighted by Gasteiger charge is -2.24. The zero-order chi connectivity index (χ0) is 12.4. The summed E-state index contributed by atoms with van der Waals surface area (Å²) < 4.78 is 11.6. The van der Waals surface area contributed by atoms with Gasteiger partial charge in [0, 0.05) is 0 Å².